The van der Waals surface area contributed by atoms with Crippen LogP contribution in [0.15, 0.2) is 53.8 Å². The monoisotopic (exact) mass is 465 g/mol. The molecule has 2 aromatic heterocycles. The maximum Gasteiger partial charge on any atom is 0.195 e. The van der Waals surface area contributed by atoms with Crippen LogP contribution in [0.25, 0.3) is 5.65 Å². The zero-order chi connectivity index (χ0) is 17.1. The van der Waals surface area contributed by atoms with E-state index < -0.39 is 0 Å². The van der Waals surface area contributed by atoms with E-state index in [1.807, 2.05) is 40.9 Å². The number of hydrogen-bond donors (Lipinski definition) is 0. The van der Waals surface area contributed by atoms with Crippen LogP contribution in [0.3, 0.4) is 0 Å². The third-order valence-electron chi connectivity index (χ3n) is 4.49. The number of halogens is 4. The van der Waals surface area contributed by atoms with Gasteiger partial charge in [-0.2, -0.15) is 0 Å². The van der Waals surface area contributed by atoms with E-state index in [0.29, 0.717) is 0 Å². The summed E-state index contributed by atoms with van der Waals surface area (Å²) >= 11 is 1.74. The maximum absolute atomic E-state index is 13.0. The molecular formula is C18H23Cl3FN5S. The van der Waals surface area contributed by atoms with Crippen LogP contribution in [0.4, 0.5) is 10.1 Å². The van der Waals surface area contributed by atoms with Gasteiger partial charge in [0.2, 0.25) is 0 Å². The first-order chi connectivity index (χ1) is 12.3. The predicted molar refractivity (Wildman–Crippen MR) is 121 cm³/mol. The van der Waals surface area contributed by atoms with E-state index in [4.69, 9.17) is 0 Å². The predicted octanol–water partition coefficient (Wildman–Crippen LogP) is 4.05. The van der Waals surface area contributed by atoms with Crippen molar-refractivity contribution in [2.45, 2.75) is 5.16 Å². The van der Waals surface area contributed by atoms with Crippen molar-refractivity contribution in [3.63, 3.8) is 0 Å². The smallest absolute Gasteiger partial charge is 0.195 e. The normalized spacial score (nSPS) is 14.1. The molecule has 1 aliphatic heterocycles. The minimum Gasteiger partial charge on any atom is -0.369 e. The number of fused-ring (bicyclic) bond motifs is 1. The number of anilines is 1. The van der Waals surface area contributed by atoms with Gasteiger partial charge in [0.1, 0.15) is 5.82 Å². The quantitative estimate of drug-likeness (QED) is 0.530. The summed E-state index contributed by atoms with van der Waals surface area (Å²) in [6.45, 7) is 5.04. The lowest BCUT2D eigenvalue weighted by molar-refractivity contribution is 0.273. The SMILES string of the molecule is Cl.Cl.Cl.Fc1ccc(N2CCN(CCSc3nnc4ccccn34)CC2)cc1. The number of nitrogens with zero attached hydrogens (tertiary/aromatic N) is 5. The summed E-state index contributed by atoms with van der Waals surface area (Å²) in [4.78, 5) is 4.78. The van der Waals surface area contributed by atoms with Gasteiger partial charge in [0, 0.05) is 50.4 Å². The standard InChI is InChI=1S/C18H20FN5S.3ClH/c19-15-4-6-16(7-5-15)23-11-9-22(10-12-23)13-14-25-18-21-20-17-3-1-2-8-24(17)18;;;/h1-8H,9-14H2;3*1H. The molecule has 10 heteroatoms. The van der Waals surface area contributed by atoms with Gasteiger partial charge in [0.15, 0.2) is 10.8 Å². The second kappa shape index (κ2) is 11.7. The summed E-state index contributed by atoms with van der Waals surface area (Å²) in [5.41, 5.74) is 1.99. The molecule has 0 saturated carbocycles. The van der Waals surface area contributed by atoms with Gasteiger partial charge in [-0.3, -0.25) is 9.30 Å². The Bertz CT molecular complexity index is 841. The van der Waals surface area contributed by atoms with Crippen LogP contribution in [-0.4, -0.2) is 58.0 Å². The molecule has 3 aromatic rings. The summed E-state index contributed by atoms with van der Waals surface area (Å²) in [7, 11) is 0. The fourth-order valence-corrected chi connectivity index (χ4v) is 3.99. The van der Waals surface area contributed by atoms with E-state index in [0.717, 1.165) is 55.0 Å². The third kappa shape index (κ3) is 5.87. The van der Waals surface area contributed by atoms with Crippen molar-refractivity contribution >= 4 is 60.3 Å². The van der Waals surface area contributed by atoms with Crippen molar-refractivity contribution in [1.29, 1.82) is 0 Å². The largest absolute Gasteiger partial charge is 0.369 e. The van der Waals surface area contributed by atoms with Crippen molar-refractivity contribution in [1.82, 2.24) is 19.5 Å². The van der Waals surface area contributed by atoms with E-state index in [9.17, 15) is 4.39 Å². The minimum absolute atomic E-state index is 0. The van der Waals surface area contributed by atoms with E-state index in [-0.39, 0.29) is 43.0 Å². The first-order valence-corrected chi connectivity index (χ1v) is 9.43. The number of aromatic nitrogens is 3. The van der Waals surface area contributed by atoms with E-state index in [1.54, 1.807) is 11.8 Å². The molecule has 0 amide bonds. The van der Waals surface area contributed by atoms with Gasteiger partial charge in [-0.05, 0) is 36.4 Å². The van der Waals surface area contributed by atoms with Gasteiger partial charge >= 0.3 is 0 Å². The summed E-state index contributed by atoms with van der Waals surface area (Å²) in [5, 5.41) is 9.38. The molecule has 0 bridgehead atoms. The molecule has 3 heterocycles. The number of benzene rings is 1. The maximum atomic E-state index is 13.0. The minimum atomic E-state index is -0.180. The molecule has 0 spiro atoms. The second-order valence-electron chi connectivity index (χ2n) is 6.06. The van der Waals surface area contributed by atoms with Crippen molar-refractivity contribution in [2.24, 2.45) is 0 Å². The first kappa shape index (κ1) is 24.8. The van der Waals surface area contributed by atoms with Crippen LogP contribution in [0.5, 0.6) is 0 Å². The molecular weight excluding hydrogens is 444 g/mol. The fourth-order valence-electron chi connectivity index (χ4n) is 3.07. The topological polar surface area (TPSA) is 36.7 Å². The van der Waals surface area contributed by atoms with Gasteiger partial charge in [-0.1, -0.05) is 17.8 Å². The van der Waals surface area contributed by atoms with Crippen LogP contribution < -0.4 is 4.90 Å². The summed E-state index contributed by atoms with van der Waals surface area (Å²) in [5.74, 6) is 0.812. The van der Waals surface area contributed by atoms with Crippen LogP contribution in [0.2, 0.25) is 0 Å². The van der Waals surface area contributed by atoms with Crippen molar-refractivity contribution < 1.29 is 4.39 Å². The molecule has 4 rings (SSSR count). The van der Waals surface area contributed by atoms with Gasteiger partial charge in [0.25, 0.3) is 0 Å². The molecule has 1 fully saturated rings. The van der Waals surface area contributed by atoms with Crippen molar-refractivity contribution in [3.8, 4) is 0 Å². The number of pyridine rings is 1. The third-order valence-corrected chi connectivity index (χ3v) is 5.41. The Labute approximate surface area is 186 Å². The van der Waals surface area contributed by atoms with E-state index in [2.05, 4.69) is 20.0 Å². The summed E-state index contributed by atoms with van der Waals surface area (Å²) in [6.07, 6.45) is 2.00. The number of rotatable bonds is 5. The van der Waals surface area contributed by atoms with Gasteiger partial charge in [-0.25, -0.2) is 4.39 Å². The lowest BCUT2D eigenvalue weighted by atomic mass is 10.2. The molecule has 0 unspecified atom stereocenters. The highest BCUT2D eigenvalue weighted by Crippen LogP contribution is 2.19. The Morgan fingerprint density at radius 2 is 1.61 bits per heavy atom. The fraction of sp³-hybridized carbons (Fsp3) is 0.333. The average molecular weight is 467 g/mol. The lowest BCUT2D eigenvalue weighted by Crippen LogP contribution is -2.47. The Morgan fingerprint density at radius 1 is 0.893 bits per heavy atom. The molecule has 0 aliphatic carbocycles. The highest BCUT2D eigenvalue weighted by molar-refractivity contribution is 7.99. The zero-order valence-electron chi connectivity index (χ0n) is 15.1. The highest BCUT2D eigenvalue weighted by atomic mass is 35.5. The Hall–Kier alpha value is -1.25. The molecule has 1 saturated heterocycles. The molecule has 28 heavy (non-hydrogen) atoms. The summed E-state index contributed by atoms with van der Waals surface area (Å²) in [6, 6.07) is 12.7. The lowest BCUT2D eigenvalue weighted by Gasteiger charge is -2.36. The van der Waals surface area contributed by atoms with Crippen LogP contribution in [0, 0.1) is 5.82 Å². The average Bonchev–Trinajstić information content (AvgIpc) is 3.06. The van der Waals surface area contributed by atoms with Gasteiger partial charge in [0.05, 0.1) is 0 Å². The van der Waals surface area contributed by atoms with Crippen LogP contribution in [0.1, 0.15) is 0 Å². The second-order valence-corrected chi connectivity index (χ2v) is 7.13. The highest BCUT2D eigenvalue weighted by Gasteiger charge is 2.17. The van der Waals surface area contributed by atoms with Crippen molar-refractivity contribution in [2.75, 3.05) is 43.4 Å². The first-order valence-electron chi connectivity index (χ1n) is 8.45. The zero-order valence-corrected chi connectivity index (χ0v) is 18.4. The number of piperazine rings is 1. The Balaban J connectivity index is 0.00000131. The molecule has 0 radical (unpaired) electrons. The van der Waals surface area contributed by atoms with Gasteiger partial charge < -0.3 is 4.90 Å². The van der Waals surface area contributed by atoms with Crippen LogP contribution in [-0.2, 0) is 0 Å². The molecule has 0 N–H and O–H groups in total. The van der Waals surface area contributed by atoms with Crippen LogP contribution >= 0.6 is 49.0 Å². The van der Waals surface area contributed by atoms with Gasteiger partial charge in [-0.15, -0.1) is 47.4 Å². The van der Waals surface area contributed by atoms with Crippen molar-refractivity contribution in [3.05, 3.63) is 54.5 Å². The molecule has 154 valence electrons. The number of hydrogen-bond acceptors (Lipinski definition) is 5. The molecule has 1 aliphatic rings. The molecule has 1 aromatic carbocycles. The number of thioether (sulfide) groups is 1. The Morgan fingerprint density at radius 3 is 2.32 bits per heavy atom. The summed E-state index contributed by atoms with van der Waals surface area (Å²) < 4.78 is 15.1. The molecule has 0 atom stereocenters. The van der Waals surface area contributed by atoms with E-state index >= 15 is 0 Å². The Kier molecular flexibility index (Phi) is 10.3. The van der Waals surface area contributed by atoms with E-state index in [1.165, 1.54) is 12.1 Å². The molecule has 5 nitrogen and oxygen atoms in total.